The summed E-state index contributed by atoms with van der Waals surface area (Å²) >= 11 is 1.50. The van der Waals surface area contributed by atoms with Crippen molar-refractivity contribution in [3.05, 3.63) is 34.5 Å². The summed E-state index contributed by atoms with van der Waals surface area (Å²) in [5.41, 5.74) is 1.61. The van der Waals surface area contributed by atoms with Crippen LogP contribution in [0, 0.1) is 6.92 Å². The summed E-state index contributed by atoms with van der Waals surface area (Å²) in [6.45, 7) is 6.82. The number of pyridine rings is 1. The van der Waals surface area contributed by atoms with E-state index in [1.54, 1.807) is 18.3 Å². The fourth-order valence-electron chi connectivity index (χ4n) is 1.83. The van der Waals surface area contributed by atoms with Crippen molar-refractivity contribution in [1.29, 1.82) is 0 Å². The molecule has 0 aliphatic rings. The van der Waals surface area contributed by atoms with Gasteiger partial charge in [0.25, 0.3) is 5.91 Å². The standard InChI is InChI=1S/C14H18N4OS/c1-4-11-9(3)20-14(17-11)18-13(19)10-6-7-16-12(8-10)15-5-2/h6-8H,4-5H2,1-3H3,(H,15,16)(H,17,18,19). The van der Waals surface area contributed by atoms with Crippen molar-refractivity contribution in [2.45, 2.75) is 27.2 Å². The lowest BCUT2D eigenvalue weighted by Crippen LogP contribution is -2.12. The quantitative estimate of drug-likeness (QED) is 0.888. The van der Waals surface area contributed by atoms with E-state index in [1.807, 2.05) is 13.8 Å². The normalized spacial score (nSPS) is 10.3. The molecule has 2 heterocycles. The minimum atomic E-state index is -0.164. The highest BCUT2D eigenvalue weighted by Gasteiger charge is 2.11. The molecule has 5 nitrogen and oxygen atoms in total. The van der Waals surface area contributed by atoms with Crippen LogP contribution >= 0.6 is 11.3 Å². The first-order valence-corrected chi connectivity index (χ1v) is 7.43. The van der Waals surface area contributed by atoms with Crippen molar-refractivity contribution in [2.75, 3.05) is 17.2 Å². The molecule has 6 heteroatoms. The maximum absolute atomic E-state index is 12.2. The monoisotopic (exact) mass is 290 g/mol. The molecule has 0 aliphatic heterocycles. The highest BCUT2D eigenvalue weighted by molar-refractivity contribution is 7.15. The Kier molecular flexibility index (Phi) is 4.68. The van der Waals surface area contributed by atoms with E-state index in [0.717, 1.165) is 23.5 Å². The van der Waals surface area contributed by atoms with Crippen molar-refractivity contribution in [2.24, 2.45) is 0 Å². The Morgan fingerprint density at radius 3 is 2.85 bits per heavy atom. The van der Waals surface area contributed by atoms with Gasteiger partial charge in [0.2, 0.25) is 0 Å². The van der Waals surface area contributed by atoms with Crippen LogP contribution in [0.25, 0.3) is 0 Å². The molecule has 0 bridgehead atoms. The third-order valence-electron chi connectivity index (χ3n) is 2.83. The number of nitrogens with one attached hydrogen (secondary N) is 2. The molecule has 1 amide bonds. The molecule has 0 radical (unpaired) electrons. The fraction of sp³-hybridized carbons (Fsp3) is 0.357. The second-order valence-electron chi connectivity index (χ2n) is 4.29. The van der Waals surface area contributed by atoms with Gasteiger partial charge in [-0.25, -0.2) is 9.97 Å². The molecule has 2 N–H and O–H groups in total. The molecule has 2 aromatic rings. The van der Waals surface area contributed by atoms with E-state index < -0.39 is 0 Å². The number of nitrogens with zero attached hydrogens (tertiary/aromatic N) is 2. The number of carbonyl (C=O) groups is 1. The van der Waals surface area contributed by atoms with Crippen LogP contribution in [0.5, 0.6) is 0 Å². The van der Waals surface area contributed by atoms with E-state index in [0.29, 0.717) is 16.5 Å². The summed E-state index contributed by atoms with van der Waals surface area (Å²) in [5, 5.41) is 6.57. The number of anilines is 2. The predicted octanol–water partition coefficient (Wildman–Crippen LogP) is 3.09. The van der Waals surface area contributed by atoms with E-state index in [1.165, 1.54) is 11.3 Å². The fourth-order valence-corrected chi connectivity index (χ4v) is 2.73. The summed E-state index contributed by atoms with van der Waals surface area (Å²) in [6.07, 6.45) is 2.50. The van der Waals surface area contributed by atoms with E-state index in [4.69, 9.17) is 0 Å². The molecule has 20 heavy (non-hydrogen) atoms. The smallest absolute Gasteiger partial charge is 0.257 e. The first kappa shape index (κ1) is 14.5. The zero-order chi connectivity index (χ0) is 14.5. The Morgan fingerprint density at radius 2 is 2.20 bits per heavy atom. The number of carbonyl (C=O) groups excluding carboxylic acids is 1. The van der Waals surface area contributed by atoms with Crippen molar-refractivity contribution < 1.29 is 4.79 Å². The number of aromatic nitrogens is 2. The molecule has 0 fully saturated rings. The van der Waals surface area contributed by atoms with Gasteiger partial charge in [0.05, 0.1) is 5.69 Å². The number of hydrogen-bond acceptors (Lipinski definition) is 5. The topological polar surface area (TPSA) is 66.9 Å². The van der Waals surface area contributed by atoms with Gasteiger partial charge in [-0.15, -0.1) is 11.3 Å². The van der Waals surface area contributed by atoms with Crippen molar-refractivity contribution >= 4 is 28.2 Å². The average Bonchev–Trinajstić information content (AvgIpc) is 2.79. The first-order chi connectivity index (χ1) is 9.63. The van der Waals surface area contributed by atoms with Gasteiger partial charge in [0.1, 0.15) is 5.82 Å². The zero-order valence-electron chi connectivity index (χ0n) is 11.9. The largest absolute Gasteiger partial charge is 0.370 e. The Labute approximate surface area is 122 Å². The SMILES string of the molecule is CCNc1cc(C(=O)Nc2nc(CC)c(C)s2)ccn1. The van der Waals surface area contributed by atoms with Gasteiger partial charge >= 0.3 is 0 Å². The third kappa shape index (κ3) is 3.33. The first-order valence-electron chi connectivity index (χ1n) is 6.61. The van der Waals surface area contributed by atoms with E-state index in [2.05, 4.69) is 27.5 Å². The van der Waals surface area contributed by atoms with Crippen molar-refractivity contribution in [1.82, 2.24) is 9.97 Å². The highest BCUT2D eigenvalue weighted by atomic mass is 32.1. The number of rotatable bonds is 5. The van der Waals surface area contributed by atoms with Crippen LogP contribution in [0.3, 0.4) is 0 Å². The number of thiazole rings is 1. The average molecular weight is 290 g/mol. The van der Waals surface area contributed by atoms with Gasteiger partial charge in [0, 0.05) is 23.2 Å². The van der Waals surface area contributed by atoms with Gasteiger partial charge in [-0.05, 0) is 32.4 Å². The van der Waals surface area contributed by atoms with Gasteiger partial charge in [-0.1, -0.05) is 6.92 Å². The van der Waals surface area contributed by atoms with Crippen molar-refractivity contribution in [3.8, 4) is 0 Å². The van der Waals surface area contributed by atoms with Crippen LogP contribution in [0.2, 0.25) is 0 Å². The Morgan fingerprint density at radius 1 is 1.40 bits per heavy atom. The molecule has 0 aromatic carbocycles. The molecule has 0 saturated carbocycles. The van der Waals surface area contributed by atoms with E-state index in [9.17, 15) is 4.79 Å². The molecule has 0 spiro atoms. The summed E-state index contributed by atoms with van der Waals surface area (Å²) in [4.78, 5) is 21.9. The van der Waals surface area contributed by atoms with Gasteiger partial charge in [-0.3, -0.25) is 10.1 Å². The van der Waals surface area contributed by atoms with Gasteiger partial charge in [0.15, 0.2) is 5.13 Å². The van der Waals surface area contributed by atoms with Gasteiger partial charge in [-0.2, -0.15) is 0 Å². The molecule has 0 atom stereocenters. The minimum Gasteiger partial charge on any atom is -0.370 e. The van der Waals surface area contributed by atoms with Crippen LogP contribution in [0.4, 0.5) is 10.9 Å². The Hall–Kier alpha value is -1.95. The molecule has 0 aliphatic carbocycles. The van der Waals surface area contributed by atoms with Crippen LogP contribution < -0.4 is 10.6 Å². The van der Waals surface area contributed by atoms with E-state index >= 15 is 0 Å². The number of hydrogen-bond donors (Lipinski definition) is 2. The zero-order valence-corrected chi connectivity index (χ0v) is 12.7. The summed E-state index contributed by atoms with van der Waals surface area (Å²) in [6, 6.07) is 3.43. The molecular formula is C14H18N4OS. The third-order valence-corrected chi connectivity index (χ3v) is 3.76. The van der Waals surface area contributed by atoms with Crippen molar-refractivity contribution in [3.63, 3.8) is 0 Å². The summed E-state index contributed by atoms with van der Waals surface area (Å²) in [7, 11) is 0. The van der Waals surface area contributed by atoms with Crippen LogP contribution in [0.15, 0.2) is 18.3 Å². The molecular weight excluding hydrogens is 272 g/mol. The number of aryl methyl sites for hydroxylation is 2. The maximum Gasteiger partial charge on any atom is 0.257 e. The summed E-state index contributed by atoms with van der Waals surface area (Å²) < 4.78 is 0. The number of amides is 1. The van der Waals surface area contributed by atoms with E-state index in [-0.39, 0.29) is 5.91 Å². The van der Waals surface area contributed by atoms with Crippen LogP contribution in [-0.4, -0.2) is 22.4 Å². The van der Waals surface area contributed by atoms with Crippen LogP contribution in [0.1, 0.15) is 34.8 Å². The molecule has 0 saturated heterocycles. The Bertz CT molecular complexity index is 609. The second kappa shape index (κ2) is 6.47. The maximum atomic E-state index is 12.2. The molecule has 0 unspecified atom stereocenters. The highest BCUT2D eigenvalue weighted by Crippen LogP contribution is 2.23. The lowest BCUT2D eigenvalue weighted by Gasteiger charge is -2.05. The lowest BCUT2D eigenvalue weighted by molar-refractivity contribution is 0.102. The Balaban J connectivity index is 2.12. The molecule has 2 rings (SSSR count). The predicted molar refractivity (Wildman–Crippen MR) is 82.6 cm³/mol. The van der Waals surface area contributed by atoms with Crippen LogP contribution in [-0.2, 0) is 6.42 Å². The molecule has 2 aromatic heterocycles. The molecule has 106 valence electrons. The lowest BCUT2D eigenvalue weighted by atomic mass is 10.2. The minimum absolute atomic E-state index is 0.164. The second-order valence-corrected chi connectivity index (χ2v) is 5.49. The summed E-state index contributed by atoms with van der Waals surface area (Å²) in [5.74, 6) is 0.535. The van der Waals surface area contributed by atoms with Gasteiger partial charge < -0.3 is 5.32 Å².